The van der Waals surface area contributed by atoms with Gasteiger partial charge in [-0.2, -0.15) is 0 Å². The van der Waals surface area contributed by atoms with E-state index < -0.39 is 10.0 Å². The fourth-order valence-corrected chi connectivity index (χ4v) is 4.67. The Morgan fingerprint density at radius 3 is 2.40 bits per heavy atom. The van der Waals surface area contributed by atoms with Crippen LogP contribution in [-0.4, -0.2) is 29.4 Å². The van der Waals surface area contributed by atoms with Crippen LogP contribution in [0.2, 0.25) is 0 Å². The Bertz CT molecular complexity index is 1260. The van der Waals surface area contributed by atoms with Crippen LogP contribution >= 0.6 is 0 Å². The molecular weight excluding hydrogens is 406 g/mol. The molecule has 0 bridgehead atoms. The molecule has 2 aromatic carbocycles. The van der Waals surface area contributed by atoms with Crippen molar-refractivity contribution < 1.29 is 17.9 Å². The maximum Gasteiger partial charge on any atom is 0.328 e. The minimum absolute atomic E-state index is 0.201. The molecule has 8 nitrogen and oxygen atoms in total. The molecule has 30 heavy (non-hydrogen) atoms. The van der Waals surface area contributed by atoms with Crippen molar-refractivity contribution in [2.24, 2.45) is 14.1 Å². The summed E-state index contributed by atoms with van der Waals surface area (Å²) in [7, 11) is -0.189. The molecule has 0 unspecified atom stereocenters. The van der Waals surface area contributed by atoms with Crippen LogP contribution < -0.4 is 19.9 Å². The van der Waals surface area contributed by atoms with Gasteiger partial charge in [0.2, 0.25) is 10.0 Å². The minimum Gasteiger partial charge on any atom is -0.493 e. The second-order valence-electron chi connectivity index (χ2n) is 7.51. The van der Waals surface area contributed by atoms with E-state index in [4.69, 9.17) is 9.47 Å². The third-order valence-corrected chi connectivity index (χ3v) is 6.95. The Balaban J connectivity index is 1.77. The number of aryl methyl sites for hydroxylation is 2. The van der Waals surface area contributed by atoms with Crippen LogP contribution in [0.1, 0.15) is 26.2 Å². The number of sulfonamides is 1. The van der Waals surface area contributed by atoms with Crippen LogP contribution in [0.4, 0.5) is 5.69 Å². The number of fused-ring (bicyclic) bond motifs is 1. The molecule has 4 rings (SSSR count). The maximum absolute atomic E-state index is 12.6. The first-order valence-electron chi connectivity index (χ1n) is 9.92. The summed E-state index contributed by atoms with van der Waals surface area (Å²) >= 11 is 0. The summed E-state index contributed by atoms with van der Waals surface area (Å²) in [5, 5.41) is -0.383. The zero-order chi connectivity index (χ0) is 21.5. The molecular formula is C21H25N3O5S. The van der Waals surface area contributed by atoms with Crippen LogP contribution in [0, 0.1) is 0 Å². The van der Waals surface area contributed by atoms with Crippen molar-refractivity contribution >= 4 is 26.7 Å². The molecule has 1 N–H and O–H groups in total. The number of benzene rings is 2. The van der Waals surface area contributed by atoms with Crippen LogP contribution in [-0.2, 0) is 24.1 Å². The fraction of sp³-hybridized carbons (Fsp3) is 0.381. The van der Waals surface area contributed by atoms with Gasteiger partial charge in [0.15, 0.2) is 5.75 Å². The quantitative estimate of drug-likeness (QED) is 0.591. The van der Waals surface area contributed by atoms with Gasteiger partial charge < -0.3 is 9.47 Å². The second-order valence-corrected chi connectivity index (χ2v) is 9.47. The van der Waals surface area contributed by atoms with Gasteiger partial charge in [0, 0.05) is 26.2 Å². The molecule has 1 aliphatic rings. The zero-order valence-corrected chi connectivity index (χ0v) is 18.0. The van der Waals surface area contributed by atoms with Gasteiger partial charge in [0.25, 0.3) is 0 Å². The normalized spacial score (nSPS) is 14.1. The highest BCUT2D eigenvalue weighted by atomic mass is 32.2. The highest BCUT2D eigenvalue weighted by Gasteiger charge is 2.36. The van der Waals surface area contributed by atoms with E-state index in [-0.39, 0.29) is 10.9 Å². The van der Waals surface area contributed by atoms with E-state index in [1.54, 1.807) is 38.4 Å². The molecule has 1 aromatic heterocycles. The smallest absolute Gasteiger partial charge is 0.328 e. The second kappa shape index (κ2) is 7.71. The van der Waals surface area contributed by atoms with Crippen molar-refractivity contribution in [3.63, 3.8) is 0 Å². The molecule has 1 fully saturated rings. The zero-order valence-electron chi connectivity index (χ0n) is 17.2. The lowest BCUT2D eigenvalue weighted by Gasteiger charge is -2.15. The first-order valence-corrected chi connectivity index (χ1v) is 11.5. The Hall–Kier alpha value is -2.94. The molecule has 1 heterocycles. The van der Waals surface area contributed by atoms with Crippen LogP contribution in [0.15, 0.2) is 41.2 Å². The van der Waals surface area contributed by atoms with Crippen molar-refractivity contribution in [1.82, 2.24) is 9.13 Å². The van der Waals surface area contributed by atoms with E-state index in [1.165, 1.54) is 9.13 Å². The summed E-state index contributed by atoms with van der Waals surface area (Å²) in [5.74, 6) is 1.50. The van der Waals surface area contributed by atoms with Gasteiger partial charge in [-0.1, -0.05) is 13.0 Å². The lowest BCUT2D eigenvalue weighted by molar-refractivity contribution is 0.316. The molecule has 9 heteroatoms. The molecule has 1 saturated carbocycles. The third kappa shape index (κ3) is 3.89. The predicted molar refractivity (Wildman–Crippen MR) is 116 cm³/mol. The summed E-state index contributed by atoms with van der Waals surface area (Å²) in [6, 6.07) is 10.5. The highest BCUT2D eigenvalue weighted by molar-refractivity contribution is 7.93. The summed E-state index contributed by atoms with van der Waals surface area (Å²) in [6.07, 6.45) is 2.18. The van der Waals surface area contributed by atoms with Crippen molar-refractivity contribution in [2.75, 3.05) is 11.3 Å². The lowest BCUT2D eigenvalue weighted by Crippen LogP contribution is -2.19. The van der Waals surface area contributed by atoms with Crippen molar-refractivity contribution in [2.45, 2.75) is 31.4 Å². The number of rotatable bonds is 8. The van der Waals surface area contributed by atoms with Crippen molar-refractivity contribution in [3.05, 3.63) is 46.9 Å². The van der Waals surface area contributed by atoms with E-state index in [1.807, 2.05) is 19.1 Å². The van der Waals surface area contributed by atoms with E-state index in [2.05, 4.69) is 4.72 Å². The molecule has 160 valence electrons. The topological polar surface area (TPSA) is 91.6 Å². The van der Waals surface area contributed by atoms with Crippen LogP contribution in [0.3, 0.4) is 0 Å². The first kappa shape index (κ1) is 20.3. The van der Waals surface area contributed by atoms with Gasteiger partial charge in [-0.05, 0) is 37.5 Å². The maximum atomic E-state index is 12.6. The monoisotopic (exact) mass is 431 g/mol. The number of nitrogens with zero attached hydrogens (tertiary/aromatic N) is 2. The SMILES string of the molecule is CCCOc1cccc(Oc2cc3c(cc2NS(=O)(=O)C2CC2)n(C)c(=O)n3C)c1. The third-order valence-electron chi connectivity index (χ3n) is 5.09. The molecule has 0 amide bonds. The summed E-state index contributed by atoms with van der Waals surface area (Å²) in [6.45, 7) is 2.62. The largest absolute Gasteiger partial charge is 0.493 e. The molecule has 1 aliphatic carbocycles. The molecule has 0 saturated heterocycles. The van der Waals surface area contributed by atoms with Crippen molar-refractivity contribution in [1.29, 1.82) is 0 Å². The molecule has 0 radical (unpaired) electrons. The summed E-state index contributed by atoms with van der Waals surface area (Å²) < 4.78 is 42.5. The summed E-state index contributed by atoms with van der Waals surface area (Å²) in [5.41, 5.74) is 1.36. The van der Waals surface area contributed by atoms with Gasteiger partial charge in [0.05, 0.1) is 28.6 Å². The number of nitrogens with one attached hydrogen (secondary N) is 1. The Labute approximate surface area is 175 Å². The lowest BCUT2D eigenvalue weighted by atomic mass is 10.2. The Kier molecular flexibility index (Phi) is 5.23. The summed E-state index contributed by atoms with van der Waals surface area (Å²) in [4.78, 5) is 12.3. The van der Waals surface area contributed by atoms with Crippen LogP contribution in [0.25, 0.3) is 11.0 Å². The van der Waals surface area contributed by atoms with Gasteiger partial charge >= 0.3 is 5.69 Å². The standard InChI is InChI=1S/C21H25N3O5S/c1-4-10-28-14-6-5-7-15(11-14)29-20-13-19-18(23(2)21(25)24(19)3)12-17(20)22-30(26,27)16-8-9-16/h5-7,11-13,16,22H,4,8-10H2,1-3H3. The molecule has 0 atom stereocenters. The number of anilines is 1. The number of ether oxygens (including phenoxy) is 2. The average molecular weight is 432 g/mol. The molecule has 0 spiro atoms. The minimum atomic E-state index is -3.51. The van der Waals surface area contributed by atoms with Gasteiger partial charge in [-0.15, -0.1) is 0 Å². The number of hydrogen-bond donors (Lipinski definition) is 1. The van der Waals surface area contributed by atoms with Crippen molar-refractivity contribution in [3.8, 4) is 17.2 Å². The van der Waals surface area contributed by atoms with E-state index in [0.717, 1.165) is 6.42 Å². The Morgan fingerprint density at radius 1 is 1.07 bits per heavy atom. The highest BCUT2D eigenvalue weighted by Crippen LogP contribution is 2.37. The number of imidazole rings is 1. The number of hydrogen-bond acceptors (Lipinski definition) is 5. The fourth-order valence-electron chi connectivity index (χ4n) is 3.28. The number of aromatic nitrogens is 2. The van der Waals surface area contributed by atoms with E-state index in [9.17, 15) is 13.2 Å². The van der Waals surface area contributed by atoms with Gasteiger partial charge in [-0.3, -0.25) is 13.9 Å². The van der Waals surface area contributed by atoms with E-state index in [0.29, 0.717) is 53.4 Å². The van der Waals surface area contributed by atoms with Crippen LogP contribution in [0.5, 0.6) is 17.2 Å². The van der Waals surface area contributed by atoms with Gasteiger partial charge in [0.1, 0.15) is 11.5 Å². The average Bonchev–Trinajstić information content (AvgIpc) is 3.55. The first-order chi connectivity index (χ1) is 14.3. The molecule has 0 aliphatic heterocycles. The van der Waals surface area contributed by atoms with Gasteiger partial charge in [-0.25, -0.2) is 13.2 Å². The van der Waals surface area contributed by atoms with E-state index >= 15 is 0 Å². The predicted octanol–water partition coefficient (Wildman–Crippen LogP) is 3.36. The Morgan fingerprint density at radius 2 is 1.73 bits per heavy atom. The molecule has 3 aromatic rings.